The van der Waals surface area contributed by atoms with E-state index >= 15 is 0 Å². The van der Waals surface area contributed by atoms with Gasteiger partial charge >= 0.3 is 6.09 Å². The van der Waals surface area contributed by atoms with Crippen LogP contribution in [0, 0.1) is 0 Å². The highest BCUT2D eigenvalue weighted by atomic mass is 79.9. The molecule has 0 bridgehead atoms. The molecule has 1 aliphatic heterocycles. The van der Waals surface area contributed by atoms with E-state index in [0.29, 0.717) is 5.56 Å². The number of hydrogen-bond acceptors (Lipinski definition) is 3. The molecule has 2 N–H and O–H groups in total. The van der Waals surface area contributed by atoms with Crippen molar-refractivity contribution < 1.29 is 14.6 Å². The smallest absolute Gasteiger partial charge is 0.407 e. The van der Waals surface area contributed by atoms with Crippen molar-refractivity contribution in [3.8, 4) is 5.75 Å². The van der Waals surface area contributed by atoms with E-state index in [2.05, 4.69) is 21.2 Å². The fourth-order valence-corrected chi connectivity index (χ4v) is 1.71. The maximum Gasteiger partial charge on any atom is 0.407 e. The van der Waals surface area contributed by atoms with E-state index in [9.17, 15) is 9.90 Å². The number of ether oxygens (including phenoxy) is 1. The Morgan fingerprint density at radius 2 is 2.27 bits per heavy atom. The molecule has 15 heavy (non-hydrogen) atoms. The van der Waals surface area contributed by atoms with E-state index in [0.717, 1.165) is 4.47 Å². The molecular formula is C9H9BrClNO3. The first-order valence-corrected chi connectivity index (χ1v) is 4.88. The van der Waals surface area contributed by atoms with Crippen LogP contribution in [0.25, 0.3) is 0 Å². The molecular weight excluding hydrogens is 285 g/mol. The minimum Gasteiger partial charge on any atom is -0.508 e. The first-order chi connectivity index (χ1) is 6.66. The Balaban J connectivity index is 0.00000112. The lowest BCUT2D eigenvalue weighted by Gasteiger charge is -2.09. The zero-order chi connectivity index (χ0) is 10.1. The first kappa shape index (κ1) is 12.1. The Labute approximate surface area is 101 Å². The summed E-state index contributed by atoms with van der Waals surface area (Å²) < 4.78 is 5.53. The monoisotopic (exact) mass is 293 g/mol. The van der Waals surface area contributed by atoms with Gasteiger partial charge in [0.05, 0.1) is 6.04 Å². The zero-order valence-corrected chi connectivity index (χ0v) is 9.97. The Hall–Kier alpha value is -0.940. The Bertz CT molecular complexity index is 386. The molecule has 1 aliphatic rings. The van der Waals surface area contributed by atoms with Crippen LogP contribution in [0.1, 0.15) is 11.6 Å². The standard InChI is InChI=1S/C9H8BrNO3.ClH/c10-5-1-2-6(8(12)3-5)7-4-14-9(13)11-7;/h1-3,7,12H,4H2,(H,11,13);1H/t7-;/m1./s1. The van der Waals surface area contributed by atoms with Gasteiger partial charge in [0.15, 0.2) is 0 Å². The topological polar surface area (TPSA) is 58.6 Å². The number of amides is 1. The van der Waals surface area contributed by atoms with Gasteiger partial charge in [-0.05, 0) is 12.1 Å². The molecule has 0 aliphatic carbocycles. The van der Waals surface area contributed by atoms with Gasteiger partial charge in [-0.1, -0.05) is 22.0 Å². The van der Waals surface area contributed by atoms with Crippen molar-refractivity contribution in [2.75, 3.05) is 6.61 Å². The number of carbonyl (C=O) groups is 1. The average molecular weight is 295 g/mol. The largest absolute Gasteiger partial charge is 0.508 e. The molecule has 1 saturated heterocycles. The van der Waals surface area contributed by atoms with Crippen LogP contribution in [-0.4, -0.2) is 17.8 Å². The van der Waals surface area contributed by atoms with Crippen molar-refractivity contribution in [3.05, 3.63) is 28.2 Å². The van der Waals surface area contributed by atoms with Crippen molar-refractivity contribution in [1.29, 1.82) is 0 Å². The van der Waals surface area contributed by atoms with Crippen LogP contribution in [-0.2, 0) is 4.74 Å². The molecule has 0 radical (unpaired) electrons. The van der Waals surface area contributed by atoms with Crippen LogP contribution in [0.15, 0.2) is 22.7 Å². The Morgan fingerprint density at radius 3 is 2.80 bits per heavy atom. The summed E-state index contributed by atoms with van der Waals surface area (Å²) in [6.45, 7) is 0.258. The predicted molar refractivity (Wildman–Crippen MR) is 60.3 cm³/mol. The summed E-state index contributed by atoms with van der Waals surface area (Å²) in [5.41, 5.74) is 0.666. The molecule has 0 spiro atoms. The number of hydrogen-bond donors (Lipinski definition) is 2. The molecule has 4 nitrogen and oxygen atoms in total. The van der Waals surface area contributed by atoms with Gasteiger partial charge in [0, 0.05) is 10.0 Å². The molecule has 1 heterocycles. The highest BCUT2D eigenvalue weighted by molar-refractivity contribution is 9.10. The van der Waals surface area contributed by atoms with Crippen LogP contribution in [0.4, 0.5) is 4.79 Å². The predicted octanol–water partition coefficient (Wildman–Crippen LogP) is 2.36. The van der Waals surface area contributed by atoms with Crippen LogP contribution >= 0.6 is 28.3 Å². The van der Waals surface area contributed by atoms with Crippen molar-refractivity contribution in [2.24, 2.45) is 0 Å². The van der Waals surface area contributed by atoms with Crippen LogP contribution in [0.3, 0.4) is 0 Å². The normalized spacial score (nSPS) is 19.0. The second kappa shape index (κ2) is 4.72. The van der Waals surface area contributed by atoms with Crippen molar-refractivity contribution in [3.63, 3.8) is 0 Å². The number of nitrogens with one attached hydrogen (secondary N) is 1. The fraction of sp³-hybridized carbons (Fsp3) is 0.222. The molecule has 1 aromatic carbocycles. The maximum absolute atomic E-state index is 10.8. The molecule has 0 unspecified atom stereocenters. The fourth-order valence-electron chi connectivity index (χ4n) is 1.36. The number of rotatable bonds is 1. The number of cyclic esters (lactones) is 1. The zero-order valence-electron chi connectivity index (χ0n) is 7.57. The summed E-state index contributed by atoms with van der Waals surface area (Å²) in [5.74, 6) is 0.148. The van der Waals surface area contributed by atoms with Gasteiger partial charge in [-0.15, -0.1) is 12.4 Å². The summed E-state index contributed by atoms with van der Waals surface area (Å²) in [5, 5.41) is 12.2. The Morgan fingerprint density at radius 1 is 1.53 bits per heavy atom. The summed E-state index contributed by atoms with van der Waals surface area (Å²) in [6.07, 6.45) is -0.447. The molecule has 0 aromatic heterocycles. The molecule has 2 rings (SSSR count). The summed E-state index contributed by atoms with van der Waals surface area (Å²) >= 11 is 3.24. The van der Waals surface area contributed by atoms with Gasteiger partial charge in [-0.3, -0.25) is 0 Å². The molecule has 1 aromatic rings. The van der Waals surface area contributed by atoms with Crippen LogP contribution in [0.5, 0.6) is 5.75 Å². The number of phenols is 1. The summed E-state index contributed by atoms with van der Waals surface area (Å²) in [6, 6.07) is 4.88. The Kier molecular flexibility index (Phi) is 3.82. The van der Waals surface area contributed by atoms with Gasteiger partial charge in [-0.2, -0.15) is 0 Å². The number of carbonyl (C=O) groups excluding carboxylic acids is 1. The molecule has 1 amide bonds. The van der Waals surface area contributed by atoms with Crippen molar-refractivity contribution >= 4 is 34.4 Å². The SMILES string of the molecule is Cl.O=C1N[C@@H](c2ccc(Br)cc2O)CO1. The number of alkyl carbamates (subject to hydrolysis) is 1. The van der Waals surface area contributed by atoms with Crippen molar-refractivity contribution in [2.45, 2.75) is 6.04 Å². The number of benzene rings is 1. The summed E-state index contributed by atoms with van der Waals surface area (Å²) in [4.78, 5) is 10.8. The van der Waals surface area contributed by atoms with Gasteiger partial charge in [0.25, 0.3) is 0 Å². The van der Waals surface area contributed by atoms with Gasteiger partial charge in [0.2, 0.25) is 0 Å². The molecule has 1 fully saturated rings. The maximum atomic E-state index is 10.8. The third-order valence-corrected chi connectivity index (χ3v) is 2.53. The van der Waals surface area contributed by atoms with Crippen LogP contribution in [0.2, 0.25) is 0 Å². The second-order valence-electron chi connectivity index (χ2n) is 3.00. The number of aromatic hydroxyl groups is 1. The average Bonchev–Trinajstić information content (AvgIpc) is 2.51. The van der Waals surface area contributed by atoms with Crippen molar-refractivity contribution in [1.82, 2.24) is 5.32 Å². The van der Waals surface area contributed by atoms with E-state index in [-0.39, 0.29) is 30.8 Å². The van der Waals surface area contributed by atoms with E-state index in [4.69, 9.17) is 4.74 Å². The minimum absolute atomic E-state index is 0. The second-order valence-corrected chi connectivity index (χ2v) is 3.91. The minimum atomic E-state index is -0.447. The van der Waals surface area contributed by atoms with E-state index in [1.807, 2.05) is 0 Å². The van der Waals surface area contributed by atoms with Gasteiger partial charge < -0.3 is 15.2 Å². The number of halogens is 2. The van der Waals surface area contributed by atoms with Gasteiger partial charge in [0.1, 0.15) is 12.4 Å². The van der Waals surface area contributed by atoms with Crippen LogP contribution < -0.4 is 5.32 Å². The lowest BCUT2D eigenvalue weighted by atomic mass is 10.1. The summed E-state index contributed by atoms with van der Waals surface area (Å²) in [7, 11) is 0. The quantitative estimate of drug-likeness (QED) is 0.836. The third kappa shape index (κ3) is 2.54. The lowest BCUT2D eigenvalue weighted by Crippen LogP contribution is -2.18. The van der Waals surface area contributed by atoms with Gasteiger partial charge in [-0.25, -0.2) is 4.79 Å². The molecule has 0 saturated carbocycles. The molecule has 1 atom stereocenters. The number of phenolic OH excluding ortho intramolecular Hbond substituents is 1. The molecule has 6 heteroatoms. The van der Waals surface area contributed by atoms with E-state index < -0.39 is 6.09 Å². The lowest BCUT2D eigenvalue weighted by molar-refractivity contribution is 0.177. The highest BCUT2D eigenvalue weighted by Gasteiger charge is 2.25. The third-order valence-electron chi connectivity index (χ3n) is 2.04. The van der Waals surface area contributed by atoms with E-state index in [1.54, 1.807) is 18.2 Å². The first-order valence-electron chi connectivity index (χ1n) is 4.08. The highest BCUT2D eigenvalue weighted by Crippen LogP contribution is 2.29. The van der Waals surface area contributed by atoms with E-state index in [1.165, 1.54) is 0 Å². The molecule has 82 valence electrons.